The minimum absolute atomic E-state index is 0.198. The molecule has 0 spiro atoms. The summed E-state index contributed by atoms with van der Waals surface area (Å²) < 4.78 is 18.7. The summed E-state index contributed by atoms with van der Waals surface area (Å²) in [5.74, 6) is 0.564. The van der Waals surface area contributed by atoms with Gasteiger partial charge in [0, 0.05) is 9.13 Å². The van der Waals surface area contributed by atoms with Crippen LogP contribution in [0.5, 0.6) is 0 Å². The average Bonchev–Trinajstić information content (AvgIpc) is 2.62. The van der Waals surface area contributed by atoms with Crippen LogP contribution in [-0.4, -0.2) is 0 Å². The first kappa shape index (κ1) is 8.74. The van der Waals surface area contributed by atoms with Crippen molar-refractivity contribution in [1.29, 1.82) is 0 Å². The second-order valence-electron chi connectivity index (χ2n) is 2.61. The summed E-state index contributed by atoms with van der Waals surface area (Å²) in [4.78, 5) is 0. The zero-order valence-corrected chi connectivity index (χ0v) is 8.79. The van der Waals surface area contributed by atoms with Crippen molar-refractivity contribution in [3.05, 3.63) is 46.0 Å². The van der Waals surface area contributed by atoms with Gasteiger partial charge >= 0.3 is 0 Å². The second kappa shape index (κ2) is 3.49. The van der Waals surface area contributed by atoms with Gasteiger partial charge in [0.15, 0.2) is 0 Å². The molecular weight excluding hydrogens is 282 g/mol. The van der Waals surface area contributed by atoms with E-state index in [0.717, 1.165) is 11.3 Å². The summed E-state index contributed by atoms with van der Waals surface area (Å²) in [6.07, 6.45) is 1.60. The number of rotatable bonds is 1. The third kappa shape index (κ3) is 1.75. The van der Waals surface area contributed by atoms with Crippen LogP contribution in [-0.2, 0) is 0 Å². The first-order valence-corrected chi connectivity index (χ1v) is 4.84. The molecule has 1 aromatic carbocycles. The van der Waals surface area contributed by atoms with Crippen LogP contribution in [0.4, 0.5) is 4.39 Å². The van der Waals surface area contributed by atoms with Gasteiger partial charge in [0.1, 0.15) is 11.6 Å². The lowest BCUT2D eigenvalue weighted by molar-refractivity contribution is 0.581. The van der Waals surface area contributed by atoms with Crippen molar-refractivity contribution in [1.82, 2.24) is 0 Å². The molecule has 0 aliphatic heterocycles. The predicted octanol–water partition coefficient (Wildman–Crippen LogP) is 3.69. The average molecular weight is 288 g/mol. The summed E-state index contributed by atoms with van der Waals surface area (Å²) in [5.41, 5.74) is 0.899. The zero-order valence-electron chi connectivity index (χ0n) is 6.63. The Hall–Kier alpha value is -0.840. The Bertz CT molecular complexity index is 409. The van der Waals surface area contributed by atoms with Crippen LogP contribution < -0.4 is 0 Å². The van der Waals surface area contributed by atoms with Gasteiger partial charge in [0.25, 0.3) is 0 Å². The maximum atomic E-state index is 12.9. The van der Waals surface area contributed by atoms with Crippen LogP contribution in [0.1, 0.15) is 0 Å². The zero-order chi connectivity index (χ0) is 9.26. The van der Waals surface area contributed by atoms with Gasteiger partial charge in [0.05, 0.1) is 6.26 Å². The summed E-state index contributed by atoms with van der Waals surface area (Å²) in [7, 11) is 0. The summed E-state index contributed by atoms with van der Waals surface area (Å²) in [5, 5.41) is 0. The monoisotopic (exact) mass is 288 g/mol. The van der Waals surface area contributed by atoms with Crippen LogP contribution >= 0.6 is 22.6 Å². The molecule has 1 aromatic heterocycles. The Morgan fingerprint density at radius 1 is 1.23 bits per heavy atom. The van der Waals surface area contributed by atoms with Crippen molar-refractivity contribution in [3.8, 4) is 11.3 Å². The van der Waals surface area contributed by atoms with E-state index in [0.29, 0.717) is 3.57 Å². The molecule has 0 saturated carbocycles. The molecule has 0 aliphatic carbocycles. The topological polar surface area (TPSA) is 13.1 Å². The first-order chi connectivity index (χ1) is 6.27. The molecule has 0 aliphatic rings. The fourth-order valence-corrected chi connectivity index (χ4v) is 1.61. The Morgan fingerprint density at radius 2 is 2.08 bits per heavy atom. The highest BCUT2D eigenvalue weighted by Crippen LogP contribution is 2.23. The summed E-state index contributed by atoms with van der Waals surface area (Å²) in [6.45, 7) is 0. The van der Waals surface area contributed by atoms with Crippen LogP contribution in [0, 0.1) is 9.39 Å². The molecule has 0 amide bonds. The molecular formula is C10H6FIO. The Balaban J connectivity index is 2.49. The van der Waals surface area contributed by atoms with Gasteiger partial charge in [-0.15, -0.1) is 0 Å². The molecule has 0 atom stereocenters. The molecule has 2 rings (SSSR count). The summed E-state index contributed by atoms with van der Waals surface area (Å²) in [6, 6.07) is 8.57. The van der Waals surface area contributed by atoms with Crippen LogP contribution in [0.3, 0.4) is 0 Å². The number of benzene rings is 1. The van der Waals surface area contributed by atoms with Gasteiger partial charge < -0.3 is 4.42 Å². The van der Waals surface area contributed by atoms with Crippen molar-refractivity contribution >= 4 is 22.6 Å². The third-order valence-electron chi connectivity index (χ3n) is 1.73. The molecule has 0 fully saturated rings. The lowest BCUT2D eigenvalue weighted by atomic mass is 10.2. The molecule has 0 saturated heterocycles. The van der Waals surface area contributed by atoms with E-state index in [9.17, 15) is 4.39 Å². The third-order valence-corrected chi connectivity index (χ3v) is 2.55. The normalized spacial score (nSPS) is 10.3. The molecule has 66 valence electrons. The standard InChI is InChI=1S/C10H6FIO/c11-8-4-3-7(6-9(8)12)10-2-1-5-13-10/h1-6H. The quantitative estimate of drug-likeness (QED) is 0.729. The molecule has 0 bridgehead atoms. The fourth-order valence-electron chi connectivity index (χ4n) is 1.09. The highest BCUT2D eigenvalue weighted by atomic mass is 127. The van der Waals surface area contributed by atoms with E-state index >= 15 is 0 Å². The fraction of sp³-hybridized carbons (Fsp3) is 0. The molecule has 1 heterocycles. The van der Waals surface area contributed by atoms with Crippen LogP contribution in [0.2, 0.25) is 0 Å². The van der Waals surface area contributed by atoms with E-state index in [4.69, 9.17) is 4.42 Å². The minimum Gasteiger partial charge on any atom is -0.464 e. The molecule has 2 aromatic rings. The van der Waals surface area contributed by atoms with Gasteiger partial charge in [-0.25, -0.2) is 4.39 Å². The van der Waals surface area contributed by atoms with Crippen LogP contribution in [0.15, 0.2) is 41.0 Å². The molecule has 3 heteroatoms. The van der Waals surface area contributed by atoms with Gasteiger partial charge in [0.2, 0.25) is 0 Å². The molecule has 13 heavy (non-hydrogen) atoms. The van der Waals surface area contributed by atoms with Crippen molar-refractivity contribution in [2.45, 2.75) is 0 Å². The van der Waals surface area contributed by atoms with Crippen molar-refractivity contribution in [2.75, 3.05) is 0 Å². The van der Waals surface area contributed by atoms with Gasteiger partial charge in [-0.1, -0.05) is 0 Å². The van der Waals surface area contributed by atoms with E-state index in [2.05, 4.69) is 0 Å². The first-order valence-electron chi connectivity index (χ1n) is 3.76. The molecule has 0 radical (unpaired) electrons. The van der Waals surface area contributed by atoms with E-state index in [1.807, 2.05) is 34.7 Å². The largest absolute Gasteiger partial charge is 0.464 e. The van der Waals surface area contributed by atoms with E-state index in [-0.39, 0.29) is 5.82 Å². The number of halogens is 2. The van der Waals surface area contributed by atoms with Gasteiger partial charge in [-0.2, -0.15) is 0 Å². The Labute approximate surface area is 88.7 Å². The summed E-state index contributed by atoms with van der Waals surface area (Å²) >= 11 is 1.96. The lowest BCUT2D eigenvalue weighted by Crippen LogP contribution is -1.82. The molecule has 0 N–H and O–H groups in total. The molecule has 0 unspecified atom stereocenters. The van der Waals surface area contributed by atoms with Gasteiger partial charge in [-0.05, 0) is 52.9 Å². The minimum atomic E-state index is -0.198. The van der Waals surface area contributed by atoms with Crippen molar-refractivity contribution < 1.29 is 8.81 Å². The van der Waals surface area contributed by atoms with E-state index in [1.165, 1.54) is 6.07 Å². The molecule has 1 nitrogen and oxygen atoms in total. The Morgan fingerprint density at radius 3 is 2.69 bits per heavy atom. The number of hydrogen-bond donors (Lipinski definition) is 0. The highest BCUT2D eigenvalue weighted by molar-refractivity contribution is 14.1. The number of hydrogen-bond acceptors (Lipinski definition) is 1. The maximum Gasteiger partial charge on any atom is 0.136 e. The number of furan rings is 1. The lowest BCUT2D eigenvalue weighted by Gasteiger charge is -1.98. The highest BCUT2D eigenvalue weighted by Gasteiger charge is 2.03. The van der Waals surface area contributed by atoms with Gasteiger partial charge in [-0.3, -0.25) is 0 Å². The maximum absolute atomic E-state index is 12.9. The predicted molar refractivity (Wildman–Crippen MR) is 56.8 cm³/mol. The van der Waals surface area contributed by atoms with E-state index < -0.39 is 0 Å². The second-order valence-corrected chi connectivity index (χ2v) is 3.77. The Kier molecular flexibility index (Phi) is 2.35. The van der Waals surface area contributed by atoms with E-state index in [1.54, 1.807) is 18.4 Å². The van der Waals surface area contributed by atoms with Crippen molar-refractivity contribution in [3.63, 3.8) is 0 Å². The van der Waals surface area contributed by atoms with Crippen molar-refractivity contribution in [2.24, 2.45) is 0 Å². The smallest absolute Gasteiger partial charge is 0.136 e. The van der Waals surface area contributed by atoms with Crippen LogP contribution in [0.25, 0.3) is 11.3 Å². The SMILES string of the molecule is Fc1ccc(-c2ccco2)cc1I.